The van der Waals surface area contributed by atoms with E-state index in [0.717, 1.165) is 32.4 Å². The quantitative estimate of drug-likeness (QED) is 0.802. The molecule has 5 heteroatoms. The molecule has 0 saturated carbocycles. The maximum Gasteiger partial charge on any atom is 0.326 e. The van der Waals surface area contributed by atoms with Gasteiger partial charge in [-0.3, -0.25) is 0 Å². The van der Waals surface area contributed by atoms with Crippen molar-refractivity contribution in [2.75, 3.05) is 19.6 Å². The molecule has 4 atom stereocenters. The maximum absolute atomic E-state index is 12.7. The predicted octanol–water partition coefficient (Wildman–Crippen LogP) is 2.27. The lowest BCUT2D eigenvalue weighted by molar-refractivity contribution is -0.145. The van der Waals surface area contributed by atoms with Crippen LogP contribution < -0.4 is 0 Å². The molecular weight excluding hydrogens is 256 g/mol. The lowest BCUT2D eigenvalue weighted by Gasteiger charge is -2.43. The van der Waals surface area contributed by atoms with Crippen LogP contribution in [0.2, 0.25) is 0 Å². The second kappa shape index (κ2) is 6.02. The number of hydrogen-bond donors (Lipinski definition) is 1. The normalized spacial score (nSPS) is 35.0. The van der Waals surface area contributed by atoms with Gasteiger partial charge in [-0.2, -0.15) is 0 Å². The fourth-order valence-electron chi connectivity index (χ4n) is 3.78. The first-order valence-corrected chi connectivity index (χ1v) is 7.68. The van der Waals surface area contributed by atoms with Gasteiger partial charge in [0, 0.05) is 19.6 Å². The zero-order valence-corrected chi connectivity index (χ0v) is 12.7. The molecule has 2 fully saturated rings. The van der Waals surface area contributed by atoms with Crippen LogP contribution >= 0.6 is 0 Å². The first kappa shape index (κ1) is 15.1. The number of likely N-dealkylation sites (tertiary alicyclic amines) is 2. The van der Waals surface area contributed by atoms with Crippen molar-refractivity contribution in [3.05, 3.63) is 0 Å². The minimum absolute atomic E-state index is 0.0323. The molecule has 2 rings (SSSR count). The van der Waals surface area contributed by atoms with Gasteiger partial charge in [0.15, 0.2) is 0 Å². The van der Waals surface area contributed by atoms with Gasteiger partial charge in [-0.25, -0.2) is 9.59 Å². The highest BCUT2D eigenvalue weighted by atomic mass is 16.4. The topological polar surface area (TPSA) is 60.9 Å². The molecule has 4 unspecified atom stereocenters. The van der Waals surface area contributed by atoms with Crippen LogP contribution in [0.1, 0.15) is 40.0 Å². The number of nitrogens with zero attached hydrogens (tertiary/aromatic N) is 2. The molecule has 114 valence electrons. The summed E-state index contributed by atoms with van der Waals surface area (Å²) >= 11 is 0. The van der Waals surface area contributed by atoms with Crippen molar-refractivity contribution < 1.29 is 14.7 Å². The molecule has 0 spiro atoms. The molecule has 0 bridgehead atoms. The number of carbonyl (C=O) groups is 2. The van der Waals surface area contributed by atoms with E-state index in [-0.39, 0.29) is 11.9 Å². The van der Waals surface area contributed by atoms with E-state index in [0.29, 0.717) is 18.4 Å². The van der Waals surface area contributed by atoms with E-state index in [9.17, 15) is 14.7 Å². The molecule has 0 radical (unpaired) electrons. The van der Waals surface area contributed by atoms with Gasteiger partial charge in [-0.1, -0.05) is 20.8 Å². The largest absolute Gasteiger partial charge is 0.480 e. The van der Waals surface area contributed by atoms with Gasteiger partial charge in [-0.15, -0.1) is 0 Å². The molecule has 0 aromatic carbocycles. The van der Waals surface area contributed by atoms with Gasteiger partial charge in [0.05, 0.1) is 0 Å². The van der Waals surface area contributed by atoms with Gasteiger partial charge >= 0.3 is 12.0 Å². The van der Waals surface area contributed by atoms with Gasteiger partial charge < -0.3 is 14.9 Å². The zero-order chi connectivity index (χ0) is 14.9. The Morgan fingerprint density at radius 2 is 1.70 bits per heavy atom. The standard InChI is InChI=1S/C15H26N2O3/c1-10-7-11(2)9-16(8-10)15(20)17-6-4-5-12(3)13(17)14(18)19/h10-13H,4-9H2,1-3H3,(H,18,19). The van der Waals surface area contributed by atoms with Crippen LogP contribution in [0.3, 0.4) is 0 Å². The van der Waals surface area contributed by atoms with Crippen LogP contribution in [-0.4, -0.2) is 52.6 Å². The third kappa shape index (κ3) is 3.07. The Morgan fingerprint density at radius 1 is 1.10 bits per heavy atom. The average molecular weight is 282 g/mol. The highest BCUT2D eigenvalue weighted by Gasteiger charge is 2.39. The van der Waals surface area contributed by atoms with Crippen LogP contribution in [0.15, 0.2) is 0 Å². The van der Waals surface area contributed by atoms with Crippen LogP contribution in [-0.2, 0) is 4.79 Å². The second-order valence-electron chi connectivity index (χ2n) is 6.73. The monoisotopic (exact) mass is 282 g/mol. The molecular formula is C15H26N2O3. The molecule has 2 heterocycles. The van der Waals surface area contributed by atoms with Crippen molar-refractivity contribution >= 4 is 12.0 Å². The Morgan fingerprint density at radius 3 is 2.25 bits per heavy atom. The summed E-state index contributed by atoms with van der Waals surface area (Å²) in [6.45, 7) is 8.31. The predicted molar refractivity (Wildman–Crippen MR) is 76.4 cm³/mol. The number of aliphatic carboxylic acids is 1. The van der Waals surface area contributed by atoms with E-state index >= 15 is 0 Å². The Hall–Kier alpha value is -1.26. The van der Waals surface area contributed by atoms with Crippen molar-refractivity contribution in [3.8, 4) is 0 Å². The van der Waals surface area contributed by atoms with Gasteiger partial charge in [0.1, 0.15) is 6.04 Å². The lowest BCUT2D eigenvalue weighted by atomic mass is 9.90. The van der Waals surface area contributed by atoms with E-state index in [1.165, 1.54) is 0 Å². The fourth-order valence-corrected chi connectivity index (χ4v) is 3.78. The number of hydrogen-bond acceptors (Lipinski definition) is 2. The molecule has 0 aromatic rings. The molecule has 0 aromatic heterocycles. The fraction of sp³-hybridized carbons (Fsp3) is 0.867. The number of amides is 2. The van der Waals surface area contributed by atoms with Gasteiger partial charge in [-0.05, 0) is 37.0 Å². The third-order valence-corrected chi connectivity index (χ3v) is 4.57. The Balaban J connectivity index is 2.11. The van der Waals surface area contributed by atoms with Crippen molar-refractivity contribution in [1.82, 2.24) is 9.80 Å². The molecule has 2 aliphatic heterocycles. The number of piperidine rings is 2. The van der Waals surface area contributed by atoms with E-state index in [2.05, 4.69) is 13.8 Å². The molecule has 0 aliphatic carbocycles. The van der Waals surface area contributed by atoms with Crippen molar-refractivity contribution in [2.45, 2.75) is 46.1 Å². The minimum atomic E-state index is -0.872. The maximum atomic E-state index is 12.7. The highest BCUT2D eigenvalue weighted by Crippen LogP contribution is 2.27. The molecule has 2 saturated heterocycles. The zero-order valence-electron chi connectivity index (χ0n) is 12.7. The number of urea groups is 1. The van der Waals surface area contributed by atoms with Crippen molar-refractivity contribution in [1.29, 1.82) is 0 Å². The van der Waals surface area contributed by atoms with Crippen molar-refractivity contribution in [3.63, 3.8) is 0 Å². The summed E-state index contributed by atoms with van der Waals surface area (Å²) in [5.41, 5.74) is 0. The molecule has 20 heavy (non-hydrogen) atoms. The SMILES string of the molecule is CC1CC(C)CN(C(=O)N2CCCC(C)C2C(=O)O)C1. The smallest absolute Gasteiger partial charge is 0.326 e. The molecule has 2 amide bonds. The van der Waals surface area contributed by atoms with Crippen LogP contribution in [0.5, 0.6) is 0 Å². The van der Waals surface area contributed by atoms with E-state index in [4.69, 9.17) is 0 Å². The van der Waals surface area contributed by atoms with E-state index in [1.54, 1.807) is 4.90 Å². The first-order valence-electron chi connectivity index (χ1n) is 7.68. The summed E-state index contributed by atoms with van der Waals surface area (Å²) in [6, 6.07) is -0.744. The van der Waals surface area contributed by atoms with Crippen LogP contribution in [0, 0.1) is 17.8 Å². The molecule has 1 N–H and O–H groups in total. The lowest BCUT2D eigenvalue weighted by Crippen LogP contribution is -2.57. The number of rotatable bonds is 1. The summed E-state index contributed by atoms with van der Waals surface area (Å²) in [7, 11) is 0. The summed E-state index contributed by atoms with van der Waals surface area (Å²) in [5.74, 6) is 0.148. The Kier molecular flexibility index (Phi) is 4.55. The first-order chi connectivity index (χ1) is 9.40. The van der Waals surface area contributed by atoms with Gasteiger partial charge in [0.25, 0.3) is 0 Å². The second-order valence-corrected chi connectivity index (χ2v) is 6.73. The van der Waals surface area contributed by atoms with Crippen LogP contribution in [0.25, 0.3) is 0 Å². The number of carbonyl (C=O) groups excluding carboxylic acids is 1. The summed E-state index contributed by atoms with van der Waals surface area (Å²) in [5, 5.41) is 9.42. The summed E-state index contributed by atoms with van der Waals surface area (Å²) in [6.07, 6.45) is 2.92. The third-order valence-electron chi connectivity index (χ3n) is 4.57. The van der Waals surface area contributed by atoms with E-state index < -0.39 is 12.0 Å². The molecule has 5 nitrogen and oxygen atoms in total. The van der Waals surface area contributed by atoms with Crippen molar-refractivity contribution in [2.24, 2.45) is 17.8 Å². The average Bonchev–Trinajstić information content (AvgIpc) is 2.35. The summed E-state index contributed by atoms with van der Waals surface area (Å²) < 4.78 is 0. The minimum Gasteiger partial charge on any atom is -0.480 e. The Labute approximate surface area is 120 Å². The highest BCUT2D eigenvalue weighted by molar-refractivity contribution is 5.83. The Bertz CT molecular complexity index is 375. The number of carboxylic acid groups (broad SMARTS) is 1. The molecule has 2 aliphatic rings. The van der Waals surface area contributed by atoms with E-state index in [1.807, 2.05) is 11.8 Å². The van der Waals surface area contributed by atoms with Crippen LogP contribution in [0.4, 0.5) is 4.79 Å². The van der Waals surface area contributed by atoms with Gasteiger partial charge in [0.2, 0.25) is 0 Å². The number of carboxylic acids is 1. The summed E-state index contributed by atoms with van der Waals surface area (Å²) in [4.78, 5) is 27.6.